The number of ether oxygens (including phenoxy) is 1. The van der Waals surface area contributed by atoms with Crippen molar-refractivity contribution in [2.75, 3.05) is 38.7 Å². The summed E-state index contributed by atoms with van der Waals surface area (Å²) in [6, 6.07) is 15.9. The van der Waals surface area contributed by atoms with E-state index in [-0.39, 0.29) is 23.6 Å². The molecule has 2 aromatic rings. The van der Waals surface area contributed by atoms with E-state index in [2.05, 4.69) is 10.6 Å². The first-order valence-corrected chi connectivity index (χ1v) is 10.6. The zero-order valence-corrected chi connectivity index (χ0v) is 17.8. The number of hydrogen-bond donors (Lipinski definition) is 2. The molecule has 1 aliphatic rings. The van der Waals surface area contributed by atoms with E-state index in [9.17, 15) is 14.4 Å². The number of benzene rings is 2. The second-order valence-electron chi connectivity index (χ2n) is 7.60. The quantitative estimate of drug-likeness (QED) is 0.639. The largest absolute Gasteiger partial charge is 0.385 e. The number of nitrogens with zero attached hydrogens (tertiary/aromatic N) is 1. The van der Waals surface area contributed by atoms with Gasteiger partial charge in [-0.25, -0.2) is 0 Å². The molecule has 1 aliphatic heterocycles. The second-order valence-corrected chi connectivity index (χ2v) is 7.60. The first kappa shape index (κ1) is 22.5. The summed E-state index contributed by atoms with van der Waals surface area (Å²) < 4.78 is 4.98. The third kappa shape index (κ3) is 6.39. The van der Waals surface area contributed by atoms with Gasteiger partial charge in [-0.05, 0) is 55.7 Å². The summed E-state index contributed by atoms with van der Waals surface area (Å²) in [6.07, 6.45) is 2.11. The standard InChI is InChI=1S/C24H29N3O4/c1-31-17-5-14-25-22(28)19-12-15-27(16-13-19)24(30)20-8-10-21(11-9-20)26-23(29)18-6-3-2-4-7-18/h2-4,6-11,19H,5,12-17H2,1H3,(H,25,28)(H,26,29). The first-order valence-electron chi connectivity index (χ1n) is 10.6. The van der Waals surface area contributed by atoms with Crippen molar-refractivity contribution >= 4 is 23.4 Å². The van der Waals surface area contributed by atoms with Gasteiger partial charge in [0, 0.05) is 56.1 Å². The molecule has 2 aromatic carbocycles. The van der Waals surface area contributed by atoms with E-state index >= 15 is 0 Å². The Bertz CT molecular complexity index is 875. The van der Waals surface area contributed by atoms with Crippen LogP contribution in [0.2, 0.25) is 0 Å². The molecule has 0 aromatic heterocycles. The lowest BCUT2D eigenvalue weighted by Gasteiger charge is -2.31. The number of carbonyl (C=O) groups is 3. The molecule has 0 bridgehead atoms. The molecule has 0 unspecified atom stereocenters. The SMILES string of the molecule is COCCCNC(=O)C1CCN(C(=O)c2ccc(NC(=O)c3ccccc3)cc2)CC1. The van der Waals surface area contributed by atoms with E-state index in [1.165, 1.54) is 0 Å². The highest BCUT2D eigenvalue weighted by atomic mass is 16.5. The monoisotopic (exact) mass is 423 g/mol. The van der Waals surface area contributed by atoms with Crippen LogP contribution in [-0.4, -0.2) is 56.0 Å². The number of carbonyl (C=O) groups excluding carboxylic acids is 3. The number of nitrogens with one attached hydrogen (secondary N) is 2. The molecular weight excluding hydrogens is 394 g/mol. The number of likely N-dealkylation sites (tertiary alicyclic amines) is 1. The number of methoxy groups -OCH3 is 1. The Kier molecular flexibility index (Phi) is 8.18. The van der Waals surface area contributed by atoms with Crippen molar-refractivity contribution in [3.05, 3.63) is 65.7 Å². The molecule has 0 aliphatic carbocycles. The van der Waals surface area contributed by atoms with Crippen LogP contribution in [0.25, 0.3) is 0 Å². The summed E-state index contributed by atoms with van der Waals surface area (Å²) in [5, 5.41) is 5.77. The summed E-state index contributed by atoms with van der Waals surface area (Å²) >= 11 is 0. The molecule has 164 valence electrons. The van der Waals surface area contributed by atoms with Crippen molar-refractivity contribution in [1.82, 2.24) is 10.2 Å². The molecular formula is C24H29N3O4. The summed E-state index contributed by atoms with van der Waals surface area (Å²) in [5.41, 5.74) is 1.78. The predicted octanol–water partition coefficient (Wildman–Crippen LogP) is 2.94. The molecule has 0 saturated carbocycles. The molecule has 2 N–H and O–H groups in total. The Labute approximate surface area is 182 Å². The number of piperidine rings is 1. The maximum Gasteiger partial charge on any atom is 0.255 e. The maximum absolute atomic E-state index is 12.8. The lowest BCUT2D eigenvalue weighted by atomic mass is 9.95. The van der Waals surface area contributed by atoms with Crippen LogP contribution in [0, 0.1) is 5.92 Å². The van der Waals surface area contributed by atoms with E-state index < -0.39 is 0 Å². The molecule has 1 saturated heterocycles. The van der Waals surface area contributed by atoms with E-state index in [0.29, 0.717) is 55.9 Å². The Morgan fingerprint density at radius 3 is 2.29 bits per heavy atom. The normalized spacial score (nSPS) is 14.2. The van der Waals surface area contributed by atoms with Gasteiger partial charge in [0.1, 0.15) is 0 Å². The number of rotatable bonds is 8. The van der Waals surface area contributed by atoms with Crippen molar-refractivity contribution in [2.24, 2.45) is 5.92 Å². The van der Waals surface area contributed by atoms with Crippen LogP contribution < -0.4 is 10.6 Å². The fourth-order valence-electron chi connectivity index (χ4n) is 3.59. The predicted molar refractivity (Wildman–Crippen MR) is 119 cm³/mol. The lowest BCUT2D eigenvalue weighted by molar-refractivity contribution is -0.126. The topological polar surface area (TPSA) is 87.7 Å². The van der Waals surface area contributed by atoms with Crippen molar-refractivity contribution < 1.29 is 19.1 Å². The van der Waals surface area contributed by atoms with Crippen LogP contribution >= 0.6 is 0 Å². The molecule has 0 atom stereocenters. The molecule has 1 heterocycles. The third-order valence-electron chi connectivity index (χ3n) is 5.40. The number of anilines is 1. The highest BCUT2D eigenvalue weighted by Gasteiger charge is 2.27. The Morgan fingerprint density at radius 1 is 0.968 bits per heavy atom. The van der Waals surface area contributed by atoms with Gasteiger partial charge in [0.15, 0.2) is 0 Å². The minimum atomic E-state index is -0.192. The van der Waals surface area contributed by atoms with Crippen LogP contribution in [0.3, 0.4) is 0 Å². The van der Waals surface area contributed by atoms with Crippen molar-refractivity contribution in [2.45, 2.75) is 19.3 Å². The van der Waals surface area contributed by atoms with Gasteiger partial charge in [0.25, 0.3) is 11.8 Å². The van der Waals surface area contributed by atoms with Gasteiger partial charge in [0.05, 0.1) is 0 Å². The third-order valence-corrected chi connectivity index (χ3v) is 5.40. The molecule has 3 amide bonds. The number of hydrogen-bond acceptors (Lipinski definition) is 4. The Balaban J connectivity index is 1.47. The second kappa shape index (κ2) is 11.3. The average Bonchev–Trinajstić information content (AvgIpc) is 2.82. The summed E-state index contributed by atoms with van der Waals surface area (Å²) in [6.45, 7) is 2.35. The lowest BCUT2D eigenvalue weighted by Crippen LogP contribution is -2.43. The highest BCUT2D eigenvalue weighted by molar-refractivity contribution is 6.04. The van der Waals surface area contributed by atoms with Crippen LogP contribution in [0.15, 0.2) is 54.6 Å². The van der Waals surface area contributed by atoms with Gasteiger partial charge >= 0.3 is 0 Å². The molecule has 7 nitrogen and oxygen atoms in total. The van der Waals surface area contributed by atoms with Crippen molar-refractivity contribution in [3.63, 3.8) is 0 Å². The van der Waals surface area contributed by atoms with Gasteiger partial charge in [0.2, 0.25) is 5.91 Å². The molecule has 3 rings (SSSR count). The average molecular weight is 424 g/mol. The van der Waals surface area contributed by atoms with Crippen molar-refractivity contribution in [3.8, 4) is 0 Å². The molecule has 31 heavy (non-hydrogen) atoms. The van der Waals surface area contributed by atoms with Crippen molar-refractivity contribution in [1.29, 1.82) is 0 Å². The highest BCUT2D eigenvalue weighted by Crippen LogP contribution is 2.20. The van der Waals surface area contributed by atoms with E-state index in [1.807, 2.05) is 18.2 Å². The van der Waals surface area contributed by atoms with Gasteiger partial charge in [-0.1, -0.05) is 18.2 Å². The van der Waals surface area contributed by atoms with Gasteiger partial charge in [-0.15, -0.1) is 0 Å². The summed E-state index contributed by atoms with van der Waals surface area (Å²) in [5.74, 6) is -0.244. The Hall–Kier alpha value is -3.19. The van der Waals surface area contributed by atoms with Crippen LogP contribution in [0.4, 0.5) is 5.69 Å². The first-order chi connectivity index (χ1) is 15.1. The zero-order chi connectivity index (χ0) is 22.1. The van der Waals surface area contributed by atoms with Crippen LogP contribution in [0.5, 0.6) is 0 Å². The van der Waals surface area contributed by atoms with E-state index in [4.69, 9.17) is 4.74 Å². The van der Waals surface area contributed by atoms with Gasteiger partial charge in [-0.2, -0.15) is 0 Å². The molecule has 0 spiro atoms. The summed E-state index contributed by atoms with van der Waals surface area (Å²) in [7, 11) is 1.64. The summed E-state index contributed by atoms with van der Waals surface area (Å²) in [4.78, 5) is 39.1. The minimum Gasteiger partial charge on any atom is -0.385 e. The van der Waals surface area contributed by atoms with Gasteiger partial charge < -0.3 is 20.3 Å². The Morgan fingerprint density at radius 2 is 1.65 bits per heavy atom. The fraction of sp³-hybridized carbons (Fsp3) is 0.375. The molecule has 1 fully saturated rings. The van der Waals surface area contributed by atoms with E-state index in [1.54, 1.807) is 48.4 Å². The minimum absolute atomic E-state index is 0.0535. The number of amides is 3. The maximum atomic E-state index is 12.8. The fourth-order valence-corrected chi connectivity index (χ4v) is 3.59. The van der Waals surface area contributed by atoms with E-state index in [0.717, 1.165) is 6.42 Å². The zero-order valence-electron chi connectivity index (χ0n) is 17.8. The van der Waals surface area contributed by atoms with Gasteiger partial charge in [-0.3, -0.25) is 14.4 Å². The van der Waals surface area contributed by atoms with Crippen LogP contribution in [0.1, 0.15) is 40.0 Å². The smallest absolute Gasteiger partial charge is 0.255 e. The molecule has 7 heteroatoms. The molecule has 0 radical (unpaired) electrons. The van der Waals surface area contributed by atoms with Crippen LogP contribution in [-0.2, 0) is 9.53 Å².